The molecule has 24 heavy (non-hydrogen) atoms. The van der Waals surface area contributed by atoms with Crippen LogP contribution in [-0.2, 0) is 20.5 Å². The van der Waals surface area contributed by atoms with Gasteiger partial charge < -0.3 is 15.2 Å². The first-order valence-corrected chi connectivity index (χ1v) is 7.30. The number of carbonyl (C=O) groups is 2. The average molecular weight is 362 g/mol. The lowest BCUT2D eigenvalue weighted by atomic mass is 9.82. The van der Waals surface area contributed by atoms with Crippen LogP contribution in [0, 0.1) is 11.8 Å². The Morgan fingerprint density at radius 1 is 1.17 bits per heavy atom. The van der Waals surface area contributed by atoms with Gasteiger partial charge >= 0.3 is 12.1 Å². The maximum Gasteiger partial charge on any atom is 0.416 e. The van der Waals surface area contributed by atoms with Crippen molar-refractivity contribution < 1.29 is 32.6 Å². The van der Waals surface area contributed by atoms with Gasteiger partial charge in [0.2, 0.25) is 5.91 Å². The number of alkyl halides is 3. The molecular weight excluding hydrogens is 351 g/mol. The maximum atomic E-state index is 12.8. The van der Waals surface area contributed by atoms with E-state index in [1.807, 2.05) is 0 Å². The molecule has 0 unspecified atom stereocenters. The van der Waals surface area contributed by atoms with Crippen molar-refractivity contribution in [3.05, 3.63) is 40.9 Å². The average Bonchev–Trinajstić information content (AvgIpc) is 3.08. The van der Waals surface area contributed by atoms with Crippen LogP contribution < -0.4 is 5.32 Å². The van der Waals surface area contributed by atoms with E-state index in [1.165, 1.54) is 0 Å². The minimum absolute atomic E-state index is 0.0807. The minimum atomic E-state index is -4.59. The van der Waals surface area contributed by atoms with E-state index < -0.39 is 47.7 Å². The lowest BCUT2D eigenvalue weighted by molar-refractivity contribution is -0.145. The highest BCUT2D eigenvalue weighted by atomic mass is 35.5. The fraction of sp³-hybridized carbons (Fsp3) is 0.333. The van der Waals surface area contributed by atoms with Crippen LogP contribution in [0.25, 0.3) is 0 Å². The zero-order chi connectivity index (χ0) is 17.6. The molecular formula is C15H11ClF3NO4. The van der Waals surface area contributed by atoms with Crippen molar-refractivity contribution in [2.24, 2.45) is 11.8 Å². The molecule has 5 nitrogen and oxygen atoms in total. The molecule has 1 amide bonds. The number of carboxylic acids is 1. The van der Waals surface area contributed by atoms with Crippen LogP contribution in [0.4, 0.5) is 18.9 Å². The third kappa shape index (κ3) is 2.87. The van der Waals surface area contributed by atoms with Gasteiger partial charge in [-0.05, 0) is 18.2 Å². The summed E-state index contributed by atoms with van der Waals surface area (Å²) < 4.78 is 43.7. The topological polar surface area (TPSA) is 75.6 Å². The molecule has 3 rings (SSSR count). The zero-order valence-electron chi connectivity index (χ0n) is 11.9. The fourth-order valence-corrected chi connectivity index (χ4v) is 3.09. The monoisotopic (exact) mass is 361 g/mol. The number of hydrogen-bond donors (Lipinski definition) is 2. The van der Waals surface area contributed by atoms with Crippen LogP contribution in [0.2, 0.25) is 5.02 Å². The van der Waals surface area contributed by atoms with Crippen molar-refractivity contribution in [1.29, 1.82) is 0 Å². The molecule has 1 aromatic rings. The summed E-state index contributed by atoms with van der Waals surface area (Å²) in [7, 11) is 0. The van der Waals surface area contributed by atoms with Gasteiger partial charge in [-0.1, -0.05) is 23.8 Å². The van der Waals surface area contributed by atoms with Crippen LogP contribution in [0.3, 0.4) is 0 Å². The van der Waals surface area contributed by atoms with E-state index in [2.05, 4.69) is 5.32 Å². The molecule has 2 N–H and O–H groups in total. The van der Waals surface area contributed by atoms with Gasteiger partial charge in [0, 0.05) is 0 Å². The first-order chi connectivity index (χ1) is 11.2. The third-order valence-electron chi connectivity index (χ3n) is 4.04. The number of hydrogen-bond acceptors (Lipinski definition) is 3. The molecule has 2 heterocycles. The van der Waals surface area contributed by atoms with Gasteiger partial charge in [0.25, 0.3) is 0 Å². The summed E-state index contributed by atoms with van der Waals surface area (Å²) in [6.45, 7) is 0. The van der Waals surface area contributed by atoms with Gasteiger partial charge in [0.1, 0.15) is 5.92 Å². The molecule has 0 aliphatic carbocycles. The summed E-state index contributed by atoms with van der Waals surface area (Å²) in [5.74, 6) is -4.09. The van der Waals surface area contributed by atoms with E-state index in [4.69, 9.17) is 16.3 Å². The Balaban J connectivity index is 1.85. The van der Waals surface area contributed by atoms with Crippen LogP contribution >= 0.6 is 11.6 Å². The molecule has 4 atom stereocenters. The standard InChI is InChI=1S/C15H11ClF3NO4/c16-7-2-1-6(15(17,18)19)5-8(7)20-13(21)11-9-3-4-10(24-9)12(11)14(22)23/h1-5,9-12H,(H,20,21)(H,22,23)/t9-,10-,11-,12-/m0/s1. The summed E-state index contributed by atoms with van der Waals surface area (Å²) in [5.41, 5.74) is -1.20. The van der Waals surface area contributed by atoms with Crippen molar-refractivity contribution in [2.75, 3.05) is 5.32 Å². The van der Waals surface area contributed by atoms with Crippen LogP contribution in [-0.4, -0.2) is 29.2 Å². The molecule has 2 bridgehead atoms. The summed E-state index contributed by atoms with van der Waals surface area (Å²) >= 11 is 5.83. The van der Waals surface area contributed by atoms with E-state index in [1.54, 1.807) is 12.2 Å². The molecule has 1 fully saturated rings. The van der Waals surface area contributed by atoms with Crippen molar-refractivity contribution >= 4 is 29.2 Å². The lowest BCUT2D eigenvalue weighted by Crippen LogP contribution is -2.39. The number of ether oxygens (including phenoxy) is 1. The highest BCUT2D eigenvalue weighted by Gasteiger charge is 2.53. The Hall–Kier alpha value is -2.06. The zero-order valence-corrected chi connectivity index (χ0v) is 12.6. The number of amides is 1. The maximum absolute atomic E-state index is 12.8. The Kier molecular flexibility index (Phi) is 4.05. The van der Waals surface area contributed by atoms with Crippen molar-refractivity contribution in [2.45, 2.75) is 18.4 Å². The molecule has 2 aliphatic heterocycles. The molecule has 9 heteroatoms. The van der Waals surface area contributed by atoms with Gasteiger partial charge in [0.15, 0.2) is 0 Å². The minimum Gasteiger partial charge on any atom is -0.481 e. The molecule has 2 aliphatic rings. The number of benzene rings is 1. The second kappa shape index (κ2) is 5.78. The third-order valence-corrected chi connectivity index (χ3v) is 4.37. The molecule has 1 saturated heterocycles. The molecule has 0 aromatic heterocycles. The number of anilines is 1. The lowest BCUT2D eigenvalue weighted by Gasteiger charge is -2.21. The van der Waals surface area contributed by atoms with E-state index in [-0.39, 0.29) is 10.7 Å². The summed E-state index contributed by atoms with van der Waals surface area (Å²) in [4.78, 5) is 23.7. The fourth-order valence-electron chi connectivity index (χ4n) is 2.93. The summed E-state index contributed by atoms with van der Waals surface area (Å²) in [6, 6.07) is 2.52. The number of rotatable bonds is 3. The summed E-state index contributed by atoms with van der Waals surface area (Å²) in [5, 5.41) is 11.5. The number of fused-ring (bicyclic) bond motifs is 2. The number of carboxylic acid groups (broad SMARTS) is 1. The van der Waals surface area contributed by atoms with Crippen LogP contribution in [0.5, 0.6) is 0 Å². The highest BCUT2D eigenvalue weighted by Crippen LogP contribution is 2.40. The number of aliphatic carboxylic acids is 1. The van der Waals surface area contributed by atoms with E-state index in [0.717, 1.165) is 12.1 Å². The van der Waals surface area contributed by atoms with Gasteiger partial charge in [-0.3, -0.25) is 9.59 Å². The van der Waals surface area contributed by atoms with E-state index in [0.29, 0.717) is 6.07 Å². The largest absolute Gasteiger partial charge is 0.481 e. The van der Waals surface area contributed by atoms with Gasteiger partial charge in [-0.25, -0.2) is 0 Å². The normalized spacial score (nSPS) is 28.2. The Labute approximate surface area is 139 Å². The van der Waals surface area contributed by atoms with Gasteiger partial charge in [0.05, 0.1) is 34.4 Å². The smallest absolute Gasteiger partial charge is 0.416 e. The number of halogens is 4. The second-order valence-electron chi connectivity index (χ2n) is 5.52. The predicted molar refractivity (Wildman–Crippen MR) is 77.5 cm³/mol. The Morgan fingerprint density at radius 3 is 2.38 bits per heavy atom. The van der Waals surface area contributed by atoms with Crippen molar-refractivity contribution in [1.82, 2.24) is 0 Å². The Bertz CT molecular complexity index is 734. The first kappa shape index (κ1) is 16.8. The predicted octanol–water partition coefficient (Wildman–Crippen LogP) is 2.95. The molecule has 0 saturated carbocycles. The van der Waals surface area contributed by atoms with Crippen LogP contribution in [0.1, 0.15) is 5.56 Å². The Morgan fingerprint density at radius 2 is 1.79 bits per heavy atom. The van der Waals surface area contributed by atoms with Crippen molar-refractivity contribution in [3.8, 4) is 0 Å². The van der Waals surface area contributed by atoms with Gasteiger partial charge in [-0.15, -0.1) is 0 Å². The molecule has 0 radical (unpaired) electrons. The van der Waals surface area contributed by atoms with E-state index in [9.17, 15) is 27.9 Å². The van der Waals surface area contributed by atoms with Gasteiger partial charge in [-0.2, -0.15) is 13.2 Å². The van der Waals surface area contributed by atoms with E-state index >= 15 is 0 Å². The first-order valence-electron chi connectivity index (χ1n) is 6.92. The van der Waals surface area contributed by atoms with Crippen molar-refractivity contribution in [3.63, 3.8) is 0 Å². The second-order valence-corrected chi connectivity index (χ2v) is 5.93. The quantitative estimate of drug-likeness (QED) is 0.812. The summed E-state index contributed by atoms with van der Waals surface area (Å²) in [6.07, 6.45) is -2.90. The SMILES string of the molecule is O=C(O)[C@@H]1[C@@H](C(=O)Nc2cc(C(F)(F)F)ccc2Cl)[C@@H]2C=C[C@@H]1O2. The number of carbonyl (C=O) groups excluding carboxylic acids is 1. The molecule has 1 aromatic carbocycles. The highest BCUT2D eigenvalue weighted by molar-refractivity contribution is 6.33. The molecule has 0 spiro atoms. The molecule has 128 valence electrons. The number of nitrogens with one attached hydrogen (secondary N) is 1. The van der Waals surface area contributed by atoms with Crippen LogP contribution in [0.15, 0.2) is 30.4 Å².